The van der Waals surface area contributed by atoms with E-state index in [1.54, 1.807) is 30.3 Å². The van der Waals surface area contributed by atoms with Gasteiger partial charge in [-0.2, -0.15) is 0 Å². The fourth-order valence-electron chi connectivity index (χ4n) is 5.02. The molecule has 7 nitrogen and oxygen atoms in total. The third kappa shape index (κ3) is 6.35. The maximum absolute atomic E-state index is 13.7. The molecule has 2 fully saturated rings. The molecule has 0 radical (unpaired) electrons. The lowest BCUT2D eigenvalue weighted by atomic mass is 10.1. The summed E-state index contributed by atoms with van der Waals surface area (Å²) in [5, 5.41) is 3.51. The molecule has 0 spiro atoms. The summed E-state index contributed by atoms with van der Waals surface area (Å²) in [6.07, 6.45) is 0. The Morgan fingerprint density at radius 2 is 1.63 bits per heavy atom. The van der Waals surface area contributed by atoms with Crippen molar-refractivity contribution in [3.05, 3.63) is 94.0 Å². The van der Waals surface area contributed by atoms with Gasteiger partial charge in [0.2, 0.25) is 0 Å². The SMILES string of the molecule is Cc1cccc(CN2CCN(c3ccc(NC(=O)c4ccc(Cl)cc4)cc3C(=O)N3CCOCC3)CC2)c1. The number of rotatable bonds is 6. The van der Waals surface area contributed by atoms with E-state index in [4.69, 9.17) is 16.3 Å². The highest BCUT2D eigenvalue weighted by molar-refractivity contribution is 6.30. The molecule has 198 valence electrons. The normalized spacial score (nSPS) is 16.4. The van der Waals surface area contributed by atoms with E-state index < -0.39 is 0 Å². The first-order valence-corrected chi connectivity index (χ1v) is 13.4. The van der Waals surface area contributed by atoms with Crippen LogP contribution in [0.4, 0.5) is 11.4 Å². The summed E-state index contributed by atoms with van der Waals surface area (Å²) in [4.78, 5) is 33.0. The van der Waals surface area contributed by atoms with E-state index in [1.807, 2.05) is 17.0 Å². The summed E-state index contributed by atoms with van der Waals surface area (Å²) in [6.45, 7) is 8.70. The summed E-state index contributed by atoms with van der Waals surface area (Å²) < 4.78 is 5.46. The second-order valence-corrected chi connectivity index (χ2v) is 10.3. The van der Waals surface area contributed by atoms with Crippen LogP contribution in [0.5, 0.6) is 0 Å². The maximum Gasteiger partial charge on any atom is 0.256 e. The number of amides is 2. The van der Waals surface area contributed by atoms with E-state index in [0.717, 1.165) is 38.4 Å². The summed E-state index contributed by atoms with van der Waals surface area (Å²) in [6, 6.07) is 21.0. The largest absolute Gasteiger partial charge is 0.378 e. The second-order valence-electron chi connectivity index (χ2n) is 9.85. The van der Waals surface area contributed by atoms with Crippen LogP contribution >= 0.6 is 11.6 Å². The topological polar surface area (TPSA) is 65.1 Å². The Hall–Kier alpha value is -3.39. The van der Waals surface area contributed by atoms with E-state index >= 15 is 0 Å². The third-order valence-electron chi connectivity index (χ3n) is 7.09. The van der Waals surface area contributed by atoms with Crippen molar-refractivity contribution in [1.82, 2.24) is 9.80 Å². The Kier molecular flexibility index (Phi) is 8.27. The molecule has 0 aliphatic carbocycles. The number of morpholine rings is 1. The summed E-state index contributed by atoms with van der Waals surface area (Å²) >= 11 is 5.96. The van der Waals surface area contributed by atoms with Gasteiger partial charge in [0.05, 0.1) is 18.8 Å². The van der Waals surface area contributed by atoms with Crippen molar-refractivity contribution in [2.24, 2.45) is 0 Å². The zero-order valence-electron chi connectivity index (χ0n) is 21.7. The smallest absolute Gasteiger partial charge is 0.256 e. The van der Waals surface area contributed by atoms with Gasteiger partial charge in [-0.05, 0) is 55.0 Å². The van der Waals surface area contributed by atoms with Crippen molar-refractivity contribution < 1.29 is 14.3 Å². The number of anilines is 2. The number of carbonyl (C=O) groups excluding carboxylic acids is 2. The van der Waals surface area contributed by atoms with E-state index in [-0.39, 0.29) is 11.8 Å². The zero-order chi connectivity index (χ0) is 26.5. The molecule has 2 aliphatic heterocycles. The summed E-state index contributed by atoms with van der Waals surface area (Å²) in [5.41, 5.74) is 5.19. The van der Waals surface area contributed by atoms with Gasteiger partial charge < -0.3 is 19.9 Å². The Bertz CT molecular complexity index is 1280. The van der Waals surface area contributed by atoms with Gasteiger partial charge in [0.15, 0.2) is 0 Å². The number of piperazine rings is 1. The predicted octanol–water partition coefficient (Wildman–Crippen LogP) is 4.70. The molecule has 0 aromatic heterocycles. The van der Waals surface area contributed by atoms with Crippen LogP contribution in [0.1, 0.15) is 31.8 Å². The minimum absolute atomic E-state index is 0.0342. The molecular weight excluding hydrogens is 500 g/mol. The van der Waals surface area contributed by atoms with E-state index in [1.165, 1.54) is 11.1 Å². The van der Waals surface area contributed by atoms with Crippen LogP contribution in [0.15, 0.2) is 66.7 Å². The minimum atomic E-state index is -0.246. The van der Waals surface area contributed by atoms with Gasteiger partial charge in [0, 0.05) is 67.8 Å². The van der Waals surface area contributed by atoms with Crippen LogP contribution < -0.4 is 10.2 Å². The highest BCUT2D eigenvalue weighted by Crippen LogP contribution is 2.28. The van der Waals surface area contributed by atoms with Crippen LogP contribution in [-0.4, -0.2) is 74.1 Å². The highest BCUT2D eigenvalue weighted by atomic mass is 35.5. The van der Waals surface area contributed by atoms with Crippen molar-refractivity contribution in [3.8, 4) is 0 Å². The predicted molar refractivity (Wildman–Crippen MR) is 151 cm³/mol. The van der Waals surface area contributed by atoms with Gasteiger partial charge >= 0.3 is 0 Å². The molecule has 2 amide bonds. The Labute approximate surface area is 228 Å². The Balaban J connectivity index is 1.33. The van der Waals surface area contributed by atoms with Crippen LogP contribution in [-0.2, 0) is 11.3 Å². The number of carbonyl (C=O) groups is 2. The summed E-state index contributed by atoms with van der Waals surface area (Å²) in [7, 11) is 0. The van der Waals surface area contributed by atoms with Gasteiger partial charge in [-0.15, -0.1) is 0 Å². The fourth-order valence-corrected chi connectivity index (χ4v) is 5.14. The number of ether oxygens (including phenoxy) is 1. The number of hydrogen-bond acceptors (Lipinski definition) is 5. The average Bonchev–Trinajstić information content (AvgIpc) is 2.94. The number of nitrogens with one attached hydrogen (secondary N) is 1. The highest BCUT2D eigenvalue weighted by Gasteiger charge is 2.26. The molecule has 0 bridgehead atoms. The lowest BCUT2D eigenvalue weighted by Crippen LogP contribution is -2.47. The Morgan fingerprint density at radius 1 is 0.895 bits per heavy atom. The molecule has 2 aliphatic rings. The van der Waals surface area contributed by atoms with Gasteiger partial charge in [0.1, 0.15) is 0 Å². The number of nitrogens with zero attached hydrogens (tertiary/aromatic N) is 3. The van der Waals surface area contributed by atoms with Crippen molar-refractivity contribution in [3.63, 3.8) is 0 Å². The van der Waals surface area contributed by atoms with Crippen molar-refractivity contribution in [2.45, 2.75) is 13.5 Å². The molecule has 8 heteroatoms. The second kappa shape index (κ2) is 12.0. The molecule has 0 unspecified atom stereocenters. The molecule has 1 N–H and O–H groups in total. The molecule has 0 saturated carbocycles. The van der Waals surface area contributed by atoms with E-state index in [9.17, 15) is 9.59 Å². The molecule has 0 atom stereocenters. The number of benzene rings is 3. The van der Waals surface area contributed by atoms with Crippen molar-refractivity contribution >= 4 is 34.8 Å². The first-order valence-electron chi connectivity index (χ1n) is 13.1. The molecule has 3 aromatic carbocycles. The molecule has 3 aromatic rings. The molecule has 38 heavy (non-hydrogen) atoms. The minimum Gasteiger partial charge on any atom is -0.378 e. The summed E-state index contributed by atoms with van der Waals surface area (Å²) in [5.74, 6) is -0.281. The zero-order valence-corrected chi connectivity index (χ0v) is 22.4. The lowest BCUT2D eigenvalue weighted by molar-refractivity contribution is 0.0303. The van der Waals surface area contributed by atoms with Crippen molar-refractivity contribution in [1.29, 1.82) is 0 Å². The van der Waals surface area contributed by atoms with Gasteiger partial charge in [-0.1, -0.05) is 41.4 Å². The third-order valence-corrected chi connectivity index (χ3v) is 7.34. The quantitative estimate of drug-likeness (QED) is 0.499. The van der Waals surface area contributed by atoms with E-state index in [0.29, 0.717) is 48.1 Å². The number of hydrogen-bond donors (Lipinski definition) is 1. The number of aryl methyl sites for hydroxylation is 1. The van der Waals surface area contributed by atoms with Gasteiger partial charge in [-0.25, -0.2) is 0 Å². The maximum atomic E-state index is 13.7. The first-order chi connectivity index (χ1) is 18.5. The van der Waals surface area contributed by atoms with Crippen LogP contribution in [0, 0.1) is 6.92 Å². The van der Waals surface area contributed by atoms with Gasteiger partial charge in [-0.3, -0.25) is 14.5 Å². The Morgan fingerprint density at radius 3 is 2.34 bits per heavy atom. The fraction of sp³-hybridized carbons (Fsp3) is 0.333. The monoisotopic (exact) mass is 532 g/mol. The van der Waals surface area contributed by atoms with Gasteiger partial charge in [0.25, 0.3) is 11.8 Å². The molecule has 2 heterocycles. The molecule has 5 rings (SSSR count). The van der Waals surface area contributed by atoms with E-state index in [2.05, 4.69) is 46.3 Å². The van der Waals surface area contributed by atoms with Crippen molar-refractivity contribution in [2.75, 3.05) is 62.7 Å². The van der Waals surface area contributed by atoms with Crippen LogP contribution in [0.25, 0.3) is 0 Å². The standard InChI is InChI=1S/C30H33ClN4O3/c1-22-3-2-4-23(19-22)21-33-11-13-34(14-12-33)28-10-9-26(32-29(36)24-5-7-25(31)8-6-24)20-27(28)30(37)35-15-17-38-18-16-35/h2-10,19-20H,11-18,21H2,1H3,(H,32,36). The van der Waals surface area contributed by atoms with Crippen LogP contribution in [0.3, 0.4) is 0 Å². The average molecular weight is 533 g/mol. The molecular formula is C30H33ClN4O3. The molecule has 2 saturated heterocycles. The first kappa shape index (κ1) is 26.2. The van der Waals surface area contributed by atoms with Crippen LogP contribution in [0.2, 0.25) is 5.02 Å². The lowest BCUT2D eigenvalue weighted by Gasteiger charge is -2.37. The number of halogens is 1.